The Morgan fingerprint density at radius 3 is 2.91 bits per heavy atom. The van der Waals surface area contributed by atoms with Gasteiger partial charge < -0.3 is 10.1 Å². The molecule has 4 atom stereocenters. The predicted molar refractivity (Wildman–Crippen MR) is 128 cm³/mol. The highest BCUT2D eigenvalue weighted by Crippen LogP contribution is 2.49. The van der Waals surface area contributed by atoms with E-state index < -0.39 is 10.3 Å². The van der Waals surface area contributed by atoms with Gasteiger partial charge in [-0.25, -0.2) is 15.1 Å². The third kappa shape index (κ3) is 5.65. The summed E-state index contributed by atoms with van der Waals surface area (Å²) in [6, 6.07) is 2.04. The highest BCUT2D eigenvalue weighted by molar-refractivity contribution is 7.84. The number of aromatic nitrogens is 2. The van der Waals surface area contributed by atoms with Gasteiger partial charge in [-0.3, -0.25) is 8.98 Å². The molecule has 0 radical (unpaired) electrons. The third-order valence-electron chi connectivity index (χ3n) is 7.07. The Morgan fingerprint density at radius 2 is 2.12 bits per heavy atom. The summed E-state index contributed by atoms with van der Waals surface area (Å²) in [5, 5.41) is 10.3. The molecule has 5 rings (SSSR count). The number of thiophene rings is 1. The molecule has 0 bridgehead atoms. The molecule has 1 aliphatic heterocycles. The molecular weight excluding hydrogens is 476 g/mol. The number of anilines is 1. The molecule has 2 aromatic heterocycles. The van der Waals surface area contributed by atoms with Gasteiger partial charge in [0.15, 0.2) is 0 Å². The van der Waals surface area contributed by atoms with E-state index in [4.69, 9.17) is 14.1 Å². The van der Waals surface area contributed by atoms with Crippen LogP contribution in [0.5, 0.6) is 0 Å². The lowest BCUT2D eigenvalue weighted by atomic mass is 9.86. The van der Waals surface area contributed by atoms with Crippen molar-refractivity contribution in [2.75, 3.05) is 18.5 Å². The van der Waals surface area contributed by atoms with Gasteiger partial charge >= 0.3 is 10.3 Å². The van der Waals surface area contributed by atoms with E-state index in [0.29, 0.717) is 28.6 Å². The lowest BCUT2D eigenvalue weighted by Gasteiger charge is -2.31. The number of nitrogens with two attached hydrogens (primary N) is 1. The molecule has 3 N–H and O–H groups in total. The van der Waals surface area contributed by atoms with Gasteiger partial charge in [-0.05, 0) is 79.7 Å². The highest BCUT2D eigenvalue weighted by atomic mass is 32.2. The molecule has 0 aromatic carbocycles. The summed E-state index contributed by atoms with van der Waals surface area (Å²) in [6.07, 6.45) is 10.3. The monoisotopic (exact) mass is 506 g/mol. The van der Waals surface area contributed by atoms with Crippen molar-refractivity contribution < 1.29 is 22.1 Å². The predicted octanol–water partition coefficient (Wildman–Crippen LogP) is 3.45. The first kappa shape index (κ1) is 23.8. The molecule has 0 spiro atoms. The van der Waals surface area contributed by atoms with Gasteiger partial charge in [0.1, 0.15) is 12.1 Å². The van der Waals surface area contributed by atoms with Crippen LogP contribution in [0.15, 0.2) is 24.0 Å². The zero-order chi connectivity index (χ0) is 23.7. The van der Waals surface area contributed by atoms with Gasteiger partial charge in [0.2, 0.25) is 5.78 Å². The summed E-state index contributed by atoms with van der Waals surface area (Å²) in [5.41, 5.74) is 1.54. The minimum Gasteiger partial charge on any atom is -0.373 e. The summed E-state index contributed by atoms with van der Waals surface area (Å²) < 4.78 is 33.0. The SMILES string of the molecule is NS(=O)(=O)OC[C@@H]1CC[C@H](Nc2ncncc2C(=O)c2cc(C3OCCCC3C3CC3)cs2)C1. The summed E-state index contributed by atoms with van der Waals surface area (Å²) in [7, 11) is -3.94. The second kappa shape index (κ2) is 9.98. The number of ketones is 1. The van der Waals surface area contributed by atoms with Crippen LogP contribution in [0.4, 0.5) is 5.82 Å². The number of hydrogen-bond acceptors (Lipinski definition) is 9. The first-order valence-electron chi connectivity index (χ1n) is 11.9. The molecule has 34 heavy (non-hydrogen) atoms. The van der Waals surface area contributed by atoms with E-state index in [2.05, 4.69) is 20.7 Å². The fourth-order valence-corrected chi connectivity index (χ4v) is 6.53. The Kier molecular flexibility index (Phi) is 6.99. The molecule has 11 heteroatoms. The average Bonchev–Trinajstić information content (AvgIpc) is 3.37. The maximum atomic E-state index is 13.4. The van der Waals surface area contributed by atoms with Crippen LogP contribution >= 0.6 is 11.3 Å². The van der Waals surface area contributed by atoms with Gasteiger partial charge in [0, 0.05) is 18.8 Å². The largest absolute Gasteiger partial charge is 0.373 e. The van der Waals surface area contributed by atoms with Crippen LogP contribution in [0.3, 0.4) is 0 Å². The minimum absolute atomic E-state index is 0.0596. The van der Waals surface area contributed by atoms with Gasteiger partial charge in [-0.1, -0.05) is 0 Å². The van der Waals surface area contributed by atoms with Gasteiger partial charge in [0.05, 0.1) is 23.2 Å². The molecule has 2 aromatic rings. The molecule has 2 unspecified atom stereocenters. The van der Waals surface area contributed by atoms with Crippen LogP contribution in [0.25, 0.3) is 0 Å². The van der Waals surface area contributed by atoms with Crippen molar-refractivity contribution in [3.63, 3.8) is 0 Å². The number of ether oxygens (including phenoxy) is 1. The van der Waals surface area contributed by atoms with Crippen LogP contribution in [-0.4, -0.2) is 43.4 Å². The van der Waals surface area contributed by atoms with Crippen molar-refractivity contribution >= 4 is 33.2 Å². The number of rotatable bonds is 9. The van der Waals surface area contributed by atoms with Crippen molar-refractivity contribution in [1.29, 1.82) is 0 Å². The lowest BCUT2D eigenvalue weighted by molar-refractivity contribution is -0.0356. The molecular formula is C23H30N4O5S2. The van der Waals surface area contributed by atoms with Crippen LogP contribution in [0.2, 0.25) is 0 Å². The quantitative estimate of drug-likeness (QED) is 0.494. The van der Waals surface area contributed by atoms with Crippen LogP contribution in [-0.2, 0) is 19.2 Å². The zero-order valence-electron chi connectivity index (χ0n) is 18.9. The molecule has 3 heterocycles. The van der Waals surface area contributed by atoms with Crippen molar-refractivity contribution in [1.82, 2.24) is 9.97 Å². The Hall–Kier alpha value is -1.92. The number of nitrogens with one attached hydrogen (secondary N) is 1. The number of hydrogen-bond donors (Lipinski definition) is 2. The average molecular weight is 507 g/mol. The van der Waals surface area contributed by atoms with Crippen LogP contribution < -0.4 is 10.5 Å². The smallest absolute Gasteiger partial charge is 0.333 e. The highest BCUT2D eigenvalue weighted by Gasteiger charge is 2.39. The fraction of sp³-hybridized carbons (Fsp3) is 0.609. The van der Waals surface area contributed by atoms with E-state index in [9.17, 15) is 13.2 Å². The van der Waals surface area contributed by atoms with E-state index >= 15 is 0 Å². The summed E-state index contributed by atoms with van der Waals surface area (Å²) >= 11 is 1.44. The maximum Gasteiger partial charge on any atom is 0.333 e. The third-order valence-corrected chi connectivity index (χ3v) is 8.49. The Morgan fingerprint density at radius 1 is 1.26 bits per heavy atom. The standard InChI is InChI=1S/C23H30N4O5S2/c24-34(29,30)32-11-14-3-6-17(8-14)27-23-19(10-25-13-26-23)21(28)20-9-16(12-33-20)22-18(15-4-5-15)2-1-7-31-22/h9-10,12-15,17-18,22H,1-8,11H2,(H2,24,29,30)(H,25,26,27)/t14-,17+,18?,22?/m1/s1. The summed E-state index contributed by atoms with van der Waals surface area (Å²) in [4.78, 5) is 22.5. The molecule has 9 nitrogen and oxygen atoms in total. The van der Waals surface area contributed by atoms with E-state index in [1.54, 1.807) is 6.20 Å². The Balaban J connectivity index is 1.26. The Bertz CT molecular complexity index is 1130. The van der Waals surface area contributed by atoms with Crippen LogP contribution in [0.1, 0.15) is 71.8 Å². The van der Waals surface area contributed by atoms with Gasteiger partial charge in [-0.15, -0.1) is 11.3 Å². The van der Waals surface area contributed by atoms with E-state index in [1.807, 2.05) is 6.07 Å². The van der Waals surface area contributed by atoms with E-state index in [0.717, 1.165) is 37.4 Å². The molecule has 0 amide bonds. The molecule has 3 fully saturated rings. The van der Waals surface area contributed by atoms with Gasteiger partial charge in [-0.2, -0.15) is 8.42 Å². The topological polar surface area (TPSA) is 134 Å². The normalized spacial score (nSPS) is 27.6. The molecule has 3 aliphatic rings. The van der Waals surface area contributed by atoms with Crippen molar-refractivity contribution in [3.05, 3.63) is 40.0 Å². The van der Waals surface area contributed by atoms with E-state index in [-0.39, 0.29) is 30.5 Å². The van der Waals surface area contributed by atoms with Crippen LogP contribution in [0, 0.1) is 17.8 Å². The van der Waals surface area contributed by atoms with Gasteiger partial charge in [0.25, 0.3) is 0 Å². The van der Waals surface area contributed by atoms with Crippen molar-refractivity contribution in [2.24, 2.45) is 22.9 Å². The summed E-state index contributed by atoms with van der Waals surface area (Å²) in [5.74, 6) is 1.78. The van der Waals surface area contributed by atoms with Crippen molar-refractivity contribution in [3.8, 4) is 0 Å². The fourth-order valence-electron chi connectivity index (χ4n) is 5.26. The second-order valence-corrected chi connectivity index (χ2v) is 11.7. The molecule has 2 saturated carbocycles. The maximum absolute atomic E-state index is 13.4. The van der Waals surface area contributed by atoms with Crippen molar-refractivity contribution in [2.45, 2.75) is 57.1 Å². The number of carbonyl (C=O) groups excluding carboxylic acids is 1. The lowest BCUT2D eigenvalue weighted by Crippen LogP contribution is -2.23. The molecule has 2 aliphatic carbocycles. The molecule has 1 saturated heterocycles. The molecule has 184 valence electrons. The first-order valence-corrected chi connectivity index (χ1v) is 14.2. The number of carbonyl (C=O) groups is 1. The number of nitrogens with zero attached hydrogens (tertiary/aromatic N) is 2. The zero-order valence-corrected chi connectivity index (χ0v) is 20.5. The first-order chi connectivity index (χ1) is 16.4. The Labute approximate surface area is 203 Å². The van der Waals surface area contributed by atoms with E-state index in [1.165, 1.54) is 36.9 Å². The second-order valence-electron chi connectivity index (χ2n) is 9.59. The minimum atomic E-state index is -3.94. The summed E-state index contributed by atoms with van der Waals surface area (Å²) in [6.45, 7) is 0.841.